The maximum atomic E-state index is 12.4. The van der Waals surface area contributed by atoms with E-state index < -0.39 is 20.5 Å². The van der Waals surface area contributed by atoms with E-state index >= 15 is 0 Å². The SMILES string of the molecule is O=S(=O)(Cl)[C@@H]1CC[C@@H](F)C1. The standard InChI is InChI=1S/C5H8ClFO2S/c6-10(8,9)5-2-1-4(7)3-5/h4-5H,1-3H2/t4-,5-/m1/s1. The fourth-order valence-corrected chi connectivity index (χ4v) is 2.49. The van der Waals surface area contributed by atoms with E-state index in [1.54, 1.807) is 0 Å². The van der Waals surface area contributed by atoms with Crippen LogP contribution >= 0.6 is 10.7 Å². The molecule has 10 heavy (non-hydrogen) atoms. The Balaban J connectivity index is 2.62. The van der Waals surface area contributed by atoms with Crippen LogP contribution in [0.1, 0.15) is 19.3 Å². The summed E-state index contributed by atoms with van der Waals surface area (Å²) < 4.78 is 33.5. The van der Waals surface area contributed by atoms with Crippen molar-refractivity contribution in [2.75, 3.05) is 0 Å². The quantitative estimate of drug-likeness (QED) is 0.581. The maximum absolute atomic E-state index is 12.4. The van der Waals surface area contributed by atoms with Gasteiger partial charge < -0.3 is 0 Å². The Hall–Kier alpha value is 0.170. The molecule has 1 rings (SSSR count). The lowest BCUT2D eigenvalue weighted by atomic mass is 10.3. The molecule has 2 nitrogen and oxygen atoms in total. The molecule has 0 aromatic rings. The minimum absolute atomic E-state index is 0.0752. The summed E-state index contributed by atoms with van der Waals surface area (Å²) in [7, 11) is 1.51. The summed E-state index contributed by atoms with van der Waals surface area (Å²) in [5.74, 6) is 0. The number of halogens is 2. The highest BCUT2D eigenvalue weighted by Crippen LogP contribution is 2.29. The van der Waals surface area contributed by atoms with Crippen LogP contribution in [0.3, 0.4) is 0 Å². The minimum Gasteiger partial charge on any atom is -0.247 e. The smallest absolute Gasteiger partial charge is 0.235 e. The molecule has 1 saturated carbocycles. The third kappa shape index (κ3) is 1.83. The predicted molar refractivity (Wildman–Crippen MR) is 37.3 cm³/mol. The predicted octanol–water partition coefficient (Wildman–Crippen LogP) is 1.45. The van der Waals surface area contributed by atoms with Crippen molar-refractivity contribution in [1.29, 1.82) is 0 Å². The van der Waals surface area contributed by atoms with Crippen molar-refractivity contribution < 1.29 is 12.8 Å². The normalized spacial score (nSPS) is 34.6. The van der Waals surface area contributed by atoms with Crippen LogP contribution in [0.2, 0.25) is 0 Å². The summed E-state index contributed by atoms with van der Waals surface area (Å²) in [5.41, 5.74) is 0. The monoisotopic (exact) mass is 186 g/mol. The lowest BCUT2D eigenvalue weighted by molar-refractivity contribution is 0.343. The zero-order valence-corrected chi connectivity index (χ0v) is 6.83. The molecule has 0 aromatic carbocycles. The molecule has 0 aromatic heterocycles. The van der Waals surface area contributed by atoms with Gasteiger partial charge in [0.05, 0.1) is 5.25 Å². The van der Waals surface area contributed by atoms with Crippen molar-refractivity contribution in [1.82, 2.24) is 0 Å². The van der Waals surface area contributed by atoms with Gasteiger partial charge in [-0.05, 0) is 19.3 Å². The largest absolute Gasteiger partial charge is 0.247 e. The molecule has 0 unspecified atom stereocenters. The van der Waals surface area contributed by atoms with Crippen LogP contribution in [0.4, 0.5) is 4.39 Å². The van der Waals surface area contributed by atoms with Crippen LogP contribution in [0, 0.1) is 0 Å². The van der Waals surface area contributed by atoms with Gasteiger partial charge in [0.25, 0.3) is 0 Å². The summed E-state index contributed by atoms with van der Waals surface area (Å²) >= 11 is 0. The van der Waals surface area contributed by atoms with E-state index in [0.29, 0.717) is 12.8 Å². The summed E-state index contributed by atoms with van der Waals surface area (Å²) in [4.78, 5) is 0. The van der Waals surface area contributed by atoms with Gasteiger partial charge in [0.2, 0.25) is 9.05 Å². The molecule has 0 radical (unpaired) electrons. The first kappa shape index (κ1) is 8.27. The third-order valence-corrected chi connectivity index (χ3v) is 3.70. The Morgan fingerprint density at radius 1 is 1.40 bits per heavy atom. The van der Waals surface area contributed by atoms with E-state index in [4.69, 9.17) is 10.7 Å². The second-order valence-corrected chi connectivity index (χ2v) is 5.42. The summed E-state index contributed by atoms with van der Waals surface area (Å²) in [6.07, 6.45) is -0.200. The average molecular weight is 187 g/mol. The van der Waals surface area contributed by atoms with Gasteiger partial charge in [0.1, 0.15) is 6.17 Å². The molecule has 2 atom stereocenters. The van der Waals surface area contributed by atoms with E-state index in [9.17, 15) is 12.8 Å². The Bertz CT molecular complexity index is 214. The molecule has 0 aliphatic heterocycles. The number of alkyl halides is 1. The molecule has 0 amide bonds. The van der Waals surface area contributed by atoms with Crippen LogP contribution in [-0.4, -0.2) is 19.8 Å². The average Bonchev–Trinajstić information content (AvgIpc) is 2.11. The van der Waals surface area contributed by atoms with Gasteiger partial charge in [0, 0.05) is 10.7 Å². The van der Waals surface area contributed by atoms with Crippen molar-refractivity contribution in [2.45, 2.75) is 30.7 Å². The summed E-state index contributed by atoms with van der Waals surface area (Å²) in [6, 6.07) is 0. The van der Waals surface area contributed by atoms with E-state index in [1.165, 1.54) is 0 Å². The number of hydrogen-bond donors (Lipinski definition) is 0. The Kier molecular flexibility index (Phi) is 2.20. The van der Waals surface area contributed by atoms with Crippen molar-refractivity contribution in [3.05, 3.63) is 0 Å². The van der Waals surface area contributed by atoms with Crippen molar-refractivity contribution in [3.63, 3.8) is 0 Å². The van der Waals surface area contributed by atoms with Gasteiger partial charge in [0.15, 0.2) is 0 Å². The summed E-state index contributed by atoms with van der Waals surface area (Å²) in [5, 5.41) is -0.649. The van der Waals surface area contributed by atoms with Crippen LogP contribution < -0.4 is 0 Å². The van der Waals surface area contributed by atoms with Gasteiger partial charge >= 0.3 is 0 Å². The first-order chi connectivity index (χ1) is 4.50. The lowest BCUT2D eigenvalue weighted by Crippen LogP contribution is -2.11. The van der Waals surface area contributed by atoms with Gasteiger partial charge in [-0.1, -0.05) is 0 Å². The zero-order chi connectivity index (χ0) is 7.78. The molecular weight excluding hydrogens is 179 g/mol. The zero-order valence-electron chi connectivity index (χ0n) is 5.26. The first-order valence-electron chi connectivity index (χ1n) is 3.07. The van der Waals surface area contributed by atoms with Crippen molar-refractivity contribution in [3.8, 4) is 0 Å². The molecule has 1 fully saturated rings. The van der Waals surface area contributed by atoms with Crippen LogP contribution in [-0.2, 0) is 9.05 Å². The lowest BCUT2D eigenvalue weighted by Gasteiger charge is -2.01. The fraction of sp³-hybridized carbons (Fsp3) is 1.00. The van der Waals surface area contributed by atoms with E-state index in [0.717, 1.165) is 0 Å². The minimum atomic E-state index is -3.50. The van der Waals surface area contributed by atoms with Gasteiger partial charge in [-0.2, -0.15) is 0 Å². The van der Waals surface area contributed by atoms with Gasteiger partial charge in [-0.15, -0.1) is 0 Å². The van der Waals surface area contributed by atoms with Crippen molar-refractivity contribution >= 4 is 19.7 Å². The highest BCUT2D eigenvalue weighted by molar-refractivity contribution is 8.14. The molecule has 0 saturated heterocycles. The first-order valence-corrected chi connectivity index (χ1v) is 5.45. The molecule has 0 spiro atoms. The fourth-order valence-electron chi connectivity index (χ4n) is 1.14. The number of hydrogen-bond acceptors (Lipinski definition) is 2. The third-order valence-electron chi connectivity index (χ3n) is 1.72. The molecule has 0 N–H and O–H groups in total. The Morgan fingerprint density at radius 3 is 2.20 bits per heavy atom. The van der Waals surface area contributed by atoms with Gasteiger partial charge in [-0.25, -0.2) is 12.8 Å². The van der Waals surface area contributed by atoms with Crippen molar-refractivity contribution in [2.24, 2.45) is 0 Å². The second-order valence-electron chi connectivity index (χ2n) is 2.51. The van der Waals surface area contributed by atoms with Crippen LogP contribution in [0.5, 0.6) is 0 Å². The highest BCUT2D eigenvalue weighted by atomic mass is 35.7. The maximum Gasteiger partial charge on any atom is 0.235 e. The van der Waals surface area contributed by atoms with Crippen LogP contribution in [0.15, 0.2) is 0 Å². The topological polar surface area (TPSA) is 34.1 Å². The molecule has 1 aliphatic rings. The molecule has 1 aliphatic carbocycles. The second kappa shape index (κ2) is 2.66. The molecular formula is C5H8ClFO2S. The molecule has 60 valence electrons. The molecule has 0 bridgehead atoms. The summed E-state index contributed by atoms with van der Waals surface area (Å²) in [6.45, 7) is 0. The molecule has 0 heterocycles. The number of rotatable bonds is 1. The highest BCUT2D eigenvalue weighted by Gasteiger charge is 2.32. The van der Waals surface area contributed by atoms with E-state index in [2.05, 4.69) is 0 Å². The Morgan fingerprint density at radius 2 is 2.00 bits per heavy atom. The Labute approximate surface area is 63.8 Å². The van der Waals surface area contributed by atoms with Crippen LogP contribution in [0.25, 0.3) is 0 Å². The van der Waals surface area contributed by atoms with E-state index in [1.807, 2.05) is 0 Å². The van der Waals surface area contributed by atoms with Gasteiger partial charge in [-0.3, -0.25) is 0 Å². The molecule has 5 heteroatoms. The van der Waals surface area contributed by atoms with E-state index in [-0.39, 0.29) is 6.42 Å².